The Morgan fingerprint density at radius 1 is 1.02 bits per heavy atom. The largest absolute Gasteiger partial charge is 0.396 e. The molecule has 2 aromatic carbocycles. The third-order valence-corrected chi connectivity index (χ3v) is 9.29. The number of aliphatic hydroxyl groups is 1. The van der Waals surface area contributed by atoms with Crippen molar-refractivity contribution < 1.29 is 24.2 Å². The number of hydrogen-bond acceptors (Lipinski definition) is 5. The molecule has 2 unspecified atom stereocenters. The number of nitrogens with one attached hydrogen (secondary N) is 2. The van der Waals surface area contributed by atoms with Gasteiger partial charge >= 0.3 is 0 Å². The first-order valence-corrected chi connectivity index (χ1v) is 14.7. The van der Waals surface area contributed by atoms with Crippen molar-refractivity contribution >= 4 is 35.0 Å². The van der Waals surface area contributed by atoms with Gasteiger partial charge < -0.3 is 25.4 Å². The van der Waals surface area contributed by atoms with Crippen LogP contribution >= 0.6 is 11.6 Å². The van der Waals surface area contributed by atoms with Gasteiger partial charge in [-0.25, -0.2) is 0 Å². The summed E-state index contributed by atoms with van der Waals surface area (Å²) in [7, 11) is 0. The van der Waals surface area contributed by atoms with Crippen LogP contribution in [0, 0.1) is 11.8 Å². The van der Waals surface area contributed by atoms with Crippen LogP contribution in [-0.4, -0.2) is 58.1 Å². The van der Waals surface area contributed by atoms with Gasteiger partial charge in [0.05, 0.1) is 28.1 Å². The van der Waals surface area contributed by atoms with E-state index < -0.39 is 29.1 Å². The second-order valence-corrected chi connectivity index (χ2v) is 11.6. The number of likely N-dealkylation sites (tertiary alicyclic amines) is 1. The highest BCUT2D eigenvalue weighted by Gasteiger charge is 2.78. The maximum Gasteiger partial charge on any atom is 0.250 e. The summed E-state index contributed by atoms with van der Waals surface area (Å²) in [5, 5.41) is 15.5. The molecule has 0 saturated carbocycles. The van der Waals surface area contributed by atoms with Crippen LogP contribution < -0.4 is 10.6 Å². The van der Waals surface area contributed by atoms with Crippen LogP contribution in [0.25, 0.3) is 0 Å². The van der Waals surface area contributed by atoms with E-state index in [2.05, 4.69) is 10.6 Å². The minimum Gasteiger partial charge on any atom is -0.396 e. The normalized spacial score (nSPS) is 28.5. The standard InChI is InChI=1S/C31H38ClN3O5/c1-2-30-16-17-31(40-30)25(24(30)27(37)33-20-21-12-6-5-7-13-21)29(39)35(18-10-3-4-11-19-36)26(31)28(38)34-23-15-9-8-14-22(23)32/h5-9,12-15,24-26,36H,2-4,10-11,16-20H2,1H3,(H,33,37)(H,34,38)/t24-,25-,26?,30+,31?/m0/s1. The number of anilines is 1. The second kappa shape index (κ2) is 11.9. The van der Waals surface area contributed by atoms with Gasteiger partial charge in [0.25, 0.3) is 0 Å². The average Bonchev–Trinajstić information content (AvgIpc) is 3.57. The van der Waals surface area contributed by atoms with Gasteiger partial charge in [-0.3, -0.25) is 14.4 Å². The van der Waals surface area contributed by atoms with Crippen LogP contribution in [0.2, 0.25) is 5.02 Å². The predicted octanol–water partition coefficient (Wildman–Crippen LogP) is 4.30. The number of rotatable bonds is 12. The minimum atomic E-state index is -1.09. The van der Waals surface area contributed by atoms with Crippen molar-refractivity contribution in [2.75, 3.05) is 18.5 Å². The van der Waals surface area contributed by atoms with Crippen molar-refractivity contribution in [2.45, 2.75) is 75.7 Å². The molecule has 3 aliphatic heterocycles. The summed E-state index contributed by atoms with van der Waals surface area (Å²) in [6.07, 6.45) is 4.75. The molecule has 3 saturated heterocycles. The molecule has 3 fully saturated rings. The van der Waals surface area contributed by atoms with E-state index in [0.29, 0.717) is 55.9 Å². The van der Waals surface area contributed by atoms with Crippen molar-refractivity contribution in [1.29, 1.82) is 0 Å². The van der Waals surface area contributed by atoms with E-state index in [1.807, 2.05) is 37.3 Å². The van der Waals surface area contributed by atoms with Crippen LogP contribution in [0.4, 0.5) is 5.69 Å². The topological polar surface area (TPSA) is 108 Å². The molecule has 5 rings (SSSR count). The molecule has 0 aliphatic carbocycles. The molecule has 1 spiro atoms. The number of amides is 3. The fourth-order valence-electron chi connectivity index (χ4n) is 7.06. The smallest absolute Gasteiger partial charge is 0.250 e. The van der Waals surface area contributed by atoms with Crippen molar-refractivity contribution in [3.63, 3.8) is 0 Å². The number of benzene rings is 2. The van der Waals surface area contributed by atoms with E-state index >= 15 is 0 Å². The number of para-hydroxylation sites is 1. The van der Waals surface area contributed by atoms with Gasteiger partial charge in [-0.2, -0.15) is 0 Å². The Bertz CT molecular complexity index is 1240. The number of aliphatic hydroxyl groups excluding tert-OH is 1. The monoisotopic (exact) mass is 567 g/mol. The SMILES string of the molecule is CC[C@]12CCC3(O1)C(C(=O)Nc1ccccc1Cl)N(CCCCCCO)C(=O)[C@@H]3[C@H]2C(=O)NCc1ccccc1. The van der Waals surface area contributed by atoms with Crippen LogP contribution in [-0.2, 0) is 25.7 Å². The number of carbonyl (C=O) groups is 3. The second-order valence-electron chi connectivity index (χ2n) is 11.2. The quantitative estimate of drug-likeness (QED) is 0.331. The molecular weight excluding hydrogens is 530 g/mol. The lowest BCUT2D eigenvalue weighted by Crippen LogP contribution is -2.53. The fourth-order valence-corrected chi connectivity index (χ4v) is 7.25. The first-order chi connectivity index (χ1) is 19.4. The Kier molecular flexibility index (Phi) is 8.50. The highest BCUT2D eigenvalue weighted by molar-refractivity contribution is 6.33. The molecule has 40 heavy (non-hydrogen) atoms. The van der Waals surface area contributed by atoms with E-state index in [0.717, 1.165) is 18.4 Å². The first-order valence-electron chi connectivity index (χ1n) is 14.4. The lowest BCUT2D eigenvalue weighted by molar-refractivity contribution is -0.146. The maximum atomic E-state index is 14.2. The van der Waals surface area contributed by atoms with E-state index in [1.54, 1.807) is 29.2 Å². The third kappa shape index (κ3) is 5.01. The molecule has 2 aromatic rings. The Morgan fingerprint density at radius 2 is 1.75 bits per heavy atom. The Balaban J connectivity index is 1.45. The van der Waals surface area contributed by atoms with E-state index in [4.69, 9.17) is 21.4 Å². The van der Waals surface area contributed by atoms with Crippen molar-refractivity contribution in [2.24, 2.45) is 11.8 Å². The number of halogens is 1. The zero-order valence-electron chi connectivity index (χ0n) is 22.9. The minimum absolute atomic E-state index is 0.128. The molecule has 3 amide bonds. The number of nitrogens with zero attached hydrogens (tertiary/aromatic N) is 1. The highest BCUT2D eigenvalue weighted by atomic mass is 35.5. The van der Waals surface area contributed by atoms with Gasteiger partial charge in [-0.15, -0.1) is 0 Å². The Morgan fingerprint density at radius 3 is 2.48 bits per heavy atom. The Labute approximate surface area is 240 Å². The number of unbranched alkanes of at least 4 members (excludes halogenated alkanes) is 3. The number of hydrogen-bond donors (Lipinski definition) is 3. The van der Waals surface area contributed by atoms with Crippen LogP contribution in [0.3, 0.4) is 0 Å². The van der Waals surface area contributed by atoms with Crippen molar-refractivity contribution in [1.82, 2.24) is 10.2 Å². The molecule has 3 aliphatic rings. The van der Waals surface area contributed by atoms with Gasteiger partial charge in [0.2, 0.25) is 17.7 Å². The summed E-state index contributed by atoms with van der Waals surface area (Å²) >= 11 is 6.35. The van der Waals surface area contributed by atoms with Gasteiger partial charge in [0.1, 0.15) is 11.6 Å². The molecule has 5 atom stereocenters. The zero-order valence-corrected chi connectivity index (χ0v) is 23.7. The molecule has 0 aromatic heterocycles. The molecule has 214 valence electrons. The van der Waals surface area contributed by atoms with Gasteiger partial charge in [0.15, 0.2) is 0 Å². The van der Waals surface area contributed by atoms with Crippen LogP contribution in [0.15, 0.2) is 54.6 Å². The highest BCUT2D eigenvalue weighted by Crippen LogP contribution is 2.64. The van der Waals surface area contributed by atoms with Crippen LogP contribution in [0.1, 0.15) is 57.4 Å². The van der Waals surface area contributed by atoms with Gasteiger partial charge in [-0.1, -0.05) is 73.8 Å². The molecule has 0 radical (unpaired) electrons. The van der Waals surface area contributed by atoms with E-state index in [-0.39, 0.29) is 24.3 Å². The molecular formula is C31H38ClN3O5. The van der Waals surface area contributed by atoms with Crippen molar-refractivity contribution in [3.05, 3.63) is 65.2 Å². The zero-order chi connectivity index (χ0) is 28.3. The molecule has 2 bridgehead atoms. The molecule has 3 heterocycles. The van der Waals surface area contributed by atoms with E-state index in [1.165, 1.54) is 0 Å². The lowest BCUT2D eigenvalue weighted by atomic mass is 9.65. The summed E-state index contributed by atoms with van der Waals surface area (Å²) in [5.41, 5.74) is -0.436. The number of carbonyl (C=O) groups excluding carboxylic acids is 3. The predicted molar refractivity (Wildman–Crippen MR) is 152 cm³/mol. The Hall–Kier alpha value is -2.94. The maximum absolute atomic E-state index is 14.2. The first kappa shape index (κ1) is 28.6. The molecule has 9 heteroatoms. The summed E-state index contributed by atoms with van der Waals surface area (Å²) < 4.78 is 6.80. The van der Waals surface area contributed by atoms with Crippen molar-refractivity contribution in [3.8, 4) is 0 Å². The van der Waals surface area contributed by atoms with Crippen LogP contribution in [0.5, 0.6) is 0 Å². The van der Waals surface area contributed by atoms with Gasteiger partial charge in [0, 0.05) is 19.7 Å². The summed E-state index contributed by atoms with van der Waals surface area (Å²) in [5.74, 6) is -2.18. The third-order valence-electron chi connectivity index (χ3n) is 8.96. The number of ether oxygens (including phenoxy) is 1. The van der Waals surface area contributed by atoms with Gasteiger partial charge in [-0.05, 0) is 49.8 Å². The average molecular weight is 568 g/mol. The number of fused-ring (bicyclic) bond motifs is 1. The fraction of sp³-hybridized carbons (Fsp3) is 0.516. The summed E-state index contributed by atoms with van der Waals surface area (Å²) in [6.45, 7) is 2.85. The van der Waals surface area contributed by atoms with E-state index in [9.17, 15) is 14.4 Å². The summed E-state index contributed by atoms with van der Waals surface area (Å²) in [6, 6.07) is 15.8. The molecule has 3 N–H and O–H groups in total. The summed E-state index contributed by atoms with van der Waals surface area (Å²) in [4.78, 5) is 43.6. The molecule has 8 nitrogen and oxygen atoms in total. The lowest BCUT2D eigenvalue weighted by Gasteiger charge is -2.34.